The number of nitrogens with one attached hydrogen (secondary N) is 2. The molecule has 0 saturated heterocycles. The normalized spacial score (nSPS) is 24.9. The average molecular weight is 240 g/mol. The predicted octanol–water partition coefficient (Wildman–Crippen LogP) is 2.32. The SMILES string of the molecule is CCCC1CCC(NCC(C)(C)C(=O)NC)C1. The van der Waals surface area contributed by atoms with Crippen molar-refractivity contribution in [2.24, 2.45) is 11.3 Å². The third-order valence-electron chi connectivity index (χ3n) is 3.91. The van der Waals surface area contributed by atoms with E-state index >= 15 is 0 Å². The highest BCUT2D eigenvalue weighted by atomic mass is 16.2. The van der Waals surface area contributed by atoms with Crippen LogP contribution in [-0.2, 0) is 4.79 Å². The Labute approximate surface area is 106 Å². The van der Waals surface area contributed by atoms with Crippen LogP contribution in [0.5, 0.6) is 0 Å². The molecule has 3 heteroatoms. The van der Waals surface area contributed by atoms with E-state index in [-0.39, 0.29) is 11.3 Å². The van der Waals surface area contributed by atoms with E-state index in [0.717, 1.165) is 12.5 Å². The van der Waals surface area contributed by atoms with Crippen LogP contribution in [0.3, 0.4) is 0 Å². The number of hydrogen-bond donors (Lipinski definition) is 2. The van der Waals surface area contributed by atoms with Crippen LogP contribution >= 0.6 is 0 Å². The molecule has 0 aromatic carbocycles. The van der Waals surface area contributed by atoms with Gasteiger partial charge in [-0.05, 0) is 39.0 Å². The molecular weight excluding hydrogens is 212 g/mol. The van der Waals surface area contributed by atoms with Crippen molar-refractivity contribution in [1.29, 1.82) is 0 Å². The fraction of sp³-hybridized carbons (Fsp3) is 0.929. The monoisotopic (exact) mass is 240 g/mol. The molecule has 0 spiro atoms. The van der Waals surface area contributed by atoms with E-state index in [0.29, 0.717) is 6.04 Å². The Morgan fingerprint density at radius 3 is 2.65 bits per heavy atom. The summed E-state index contributed by atoms with van der Waals surface area (Å²) in [5.74, 6) is 1.02. The quantitative estimate of drug-likeness (QED) is 0.748. The molecule has 1 saturated carbocycles. The zero-order chi connectivity index (χ0) is 12.9. The van der Waals surface area contributed by atoms with E-state index in [4.69, 9.17) is 0 Å². The van der Waals surface area contributed by atoms with Crippen LogP contribution in [0.4, 0.5) is 0 Å². The van der Waals surface area contributed by atoms with Gasteiger partial charge in [0.15, 0.2) is 0 Å². The van der Waals surface area contributed by atoms with Crippen molar-refractivity contribution in [1.82, 2.24) is 10.6 Å². The van der Waals surface area contributed by atoms with Crippen molar-refractivity contribution in [3.05, 3.63) is 0 Å². The summed E-state index contributed by atoms with van der Waals surface area (Å²) in [5.41, 5.74) is -0.308. The van der Waals surface area contributed by atoms with Gasteiger partial charge in [-0.3, -0.25) is 4.79 Å². The molecule has 1 aliphatic rings. The summed E-state index contributed by atoms with van der Waals surface area (Å²) in [6.45, 7) is 7.03. The molecule has 2 atom stereocenters. The number of amides is 1. The predicted molar refractivity (Wildman–Crippen MR) is 71.9 cm³/mol. The zero-order valence-electron chi connectivity index (χ0n) is 11.8. The largest absolute Gasteiger partial charge is 0.359 e. The van der Waals surface area contributed by atoms with Crippen LogP contribution < -0.4 is 10.6 Å². The van der Waals surface area contributed by atoms with Crippen molar-refractivity contribution >= 4 is 5.91 Å². The standard InChI is InChI=1S/C14H28N2O/c1-5-6-11-7-8-12(9-11)16-10-14(2,3)13(17)15-4/h11-12,16H,5-10H2,1-4H3,(H,15,17). The molecule has 0 aliphatic heterocycles. The number of rotatable bonds is 6. The first-order chi connectivity index (χ1) is 7.99. The van der Waals surface area contributed by atoms with Gasteiger partial charge < -0.3 is 10.6 Å². The molecule has 0 aromatic rings. The first-order valence-electron chi connectivity index (χ1n) is 6.95. The van der Waals surface area contributed by atoms with E-state index in [1.807, 2.05) is 13.8 Å². The molecule has 2 unspecified atom stereocenters. The number of hydrogen-bond acceptors (Lipinski definition) is 2. The van der Waals surface area contributed by atoms with E-state index in [1.165, 1.54) is 32.1 Å². The Balaban J connectivity index is 2.30. The Hall–Kier alpha value is -0.570. The molecule has 100 valence electrons. The average Bonchev–Trinajstić information content (AvgIpc) is 2.74. The van der Waals surface area contributed by atoms with Gasteiger partial charge in [-0.1, -0.05) is 19.8 Å². The minimum absolute atomic E-state index is 0.119. The zero-order valence-corrected chi connectivity index (χ0v) is 11.8. The van der Waals surface area contributed by atoms with Crippen LogP contribution in [0.1, 0.15) is 52.9 Å². The Kier molecular flexibility index (Phi) is 5.44. The number of carbonyl (C=O) groups is 1. The lowest BCUT2D eigenvalue weighted by molar-refractivity contribution is -0.128. The highest BCUT2D eigenvalue weighted by Gasteiger charge is 2.29. The van der Waals surface area contributed by atoms with Crippen LogP contribution in [0, 0.1) is 11.3 Å². The first-order valence-corrected chi connectivity index (χ1v) is 6.95. The van der Waals surface area contributed by atoms with E-state index in [2.05, 4.69) is 17.6 Å². The smallest absolute Gasteiger partial charge is 0.226 e. The third-order valence-corrected chi connectivity index (χ3v) is 3.91. The van der Waals surface area contributed by atoms with Crippen molar-refractivity contribution < 1.29 is 4.79 Å². The lowest BCUT2D eigenvalue weighted by Crippen LogP contribution is -2.44. The molecule has 0 aromatic heterocycles. The summed E-state index contributed by atoms with van der Waals surface area (Å²) in [5, 5.41) is 6.30. The molecule has 2 N–H and O–H groups in total. The van der Waals surface area contributed by atoms with Crippen molar-refractivity contribution in [3.63, 3.8) is 0 Å². The highest BCUT2D eigenvalue weighted by Crippen LogP contribution is 2.29. The van der Waals surface area contributed by atoms with Gasteiger partial charge in [0.25, 0.3) is 0 Å². The van der Waals surface area contributed by atoms with Gasteiger partial charge in [0.2, 0.25) is 5.91 Å². The van der Waals surface area contributed by atoms with Gasteiger partial charge in [-0.15, -0.1) is 0 Å². The second-order valence-corrected chi connectivity index (χ2v) is 6.01. The van der Waals surface area contributed by atoms with Crippen molar-refractivity contribution in [2.45, 2.75) is 58.9 Å². The van der Waals surface area contributed by atoms with Crippen LogP contribution in [-0.4, -0.2) is 25.5 Å². The molecule has 0 heterocycles. The van der Waals surface area contributed by atoms with Crippen molar-refractivity contribution in [2.75, 3.05) is 13.6 Å². The lowest BCUT2D eigenvalue weighted by Gasteiger charge is -2.25. The Morgan fingerprint density at radius 2 is 2.06 bits per heavy atom. The topological polar surface area (TPSA) is 41.1 Å². The Morgan fingerprint density at radius 1 is 1.35 bits per heavy atom. The van der Waals surface area contributed by atoms with Gasteiger partial charge >= 0.3 is 0 Å². The molecule has 0 radical (unpaired) electrons. The molecule has 1 fully saturated rings. The maximum atomic E-state index is 11.7. The van der Waals surface area contributed by atoms with E-state index in [1.54, 1.807) is 7.05 Å². The lowest BCUT2D eigenvalue weighted by atomic mass is 9.92. The second-order valence-electron chi connectivity index (χ2n) is 6.01. The summed E-state index contributed by atoms with van der Waals surface area (Å²) >= 11 is 0. The summed E-state index contributed by atoms with van der Waals surface area (Å²) in [7, 11) is 1.71. The first kappa shape index (κ1) is 14.5. The minimum Gasteiger partial charge on any atom is -0.359 e. The van der Waals surface area contributed by atoms with Gasteiger partial charge in [-0.25, -0.2) is 0 Å². The van der Waals surface area contributed by atoms with Crippen LogP contribution in [0.25, 0.3) is 0 Å². The van der Waals surface area contributed by atoms with Gasteiger partial charge in [0, 0.05) is 19.6 Å². The maximum absolute atomic E-state index is 11.7. The molecule has 17 heavy (non-hydrogen) atoms. The van der Waals surface area contributed by atoms with Crippen molar-refractivity contribution in [3.8, 4) is 0 Å². The van der Waals surface area contributed by atoms with Crippen LogP contribution in [0.2, 0.25) is 0 Å². The fourth-order valence-electron chi connectivity index (χ4n) is 2.75. The molecule has 1 aliphatic carbocycles. The fourth-order valence-corrected chi connectivity index (χ4v) is 2.75. The second kappa shape index (κ2) is 6.39. The Bertz CT molecular complexity index is 251. The minimum atomic E-state index is -0.308. The van der Waals surface area contributed by atoms with E-state index in [9.17, 15) is 4.79 Å². The molecule has 3 nitrogen and oxygen atoms in total. The maximum Gasteiger partial charge on any atom is 0.226 e. The number of carbonyl (C=O) groups excluding carboxylic acids is 1. The van der Waals surface area contributed by atoms with Gasteiger partial charge in [0.1, 0.15) is 0 Å². The molecule has 1 rings (SSSR count). The van der Waals surface area contributed by atoms with E-state index < -0.39 is 0 Å². The summed E-state index contributed by atoms with van der Waals surface area (Å²) in [4.78, 5) is 11.7. The van der Waals surface area contributed by atoms with Gasteiger partial charge in [0.05, 0.1) is 5.41 Å². The third kappa shape index (κ3) is 4.30. The van der Waals surface area contributed by atoms with Crippen LogP contribution in [0.15, 0.2) is 0 Å². The highest BCUT2D eigenvalue weighted by molar-refractivity contribution is 5.81. The van der Waals surface area contributed by atoms with Gasteiger partial charge in [-0.2, -0.15) is 0 Å². The summed E-state index contributed by atoms with van der Waals surface area (Å²) < 4.78 is 0. The molecule has 0 bridgehead atoms. The molecule has 1 amide bonds. The molecular formula is C14H28N2O. The summed E-state index contributed by atoms with van der Waals surface area (Å²) in [6.07, 6.45) is 6.57. The summed E-state index contributed by atoms with van der Waals surface area (Å²) in [6, 6.07) is 0.621.